The highest BCUT2D eigenvalue weighted by molar-refractivity contribution is 5.88. The van der Waals surface area contributed by atoms with E-state index in [2.05, 4.69) is 34.8 Å². The Morgan fingerprint density at radius 3 is 3.08 bits per heavy atom. The number of imidazole rings is 1. The van der Waals surface area contributed by atoms with Gasteiger partial charge in [0, 0.05) is 42.4 Å². The summed E-state index contributed by atoms with van der Waals surface area (Å²) in [4.78, 5) is 16.8. The predicted molar refractivity (Wildman–Crippen MR) is 91.9 cm³/mol. The number of fused-ring (bicyclic) bond motifs is 2. The molecule has 2 aromatic heterocycles. The number of amides is 1. The van der Waals surface area contributed by atoms with Crippen molar-refractivity contribution < 1.29 is 9.21 Å². The molecule has 5 nitrogen and oxygen atoms in total. The van der Waals surface area contributed by atoms with Gasteiger partial charge in [0.05, 0.1) is 12.7 Å². The molecule has 1 aliphatic heterocycles. The molecule has 0 saturated heterocycles. The predicted octanol–water partition coefficient (Wildman–Crippen LogP) is 2.92. The Morgan fingerprint density at radius 1 is 1.38 bits per heavy atom. The van der Waals surface area contributed by atoms with Crippen molar-refractivity contribution in [3.8, 4) is 0 Å². The van der Waals surface area contributed by atoms with Crippen molar-refractivity contribution in [3.05, 3.63) is 53.3 Å². The molecule has 0 bridgehead atoms. The van der Waals surface area contributed by atoms with Crippen molar-refractivity contribution >= 4 is 16.9 Å². The van der Waals surface area contributed by atoms with E-state index in [1.54, 1.807) is 6.26 Å². The van der Waals surface area contributed by atoms with Crippen molar-refractivity contribution in [1.29, 1.82) is 0 Å². The minimum absolute atomic E-state index is 0.0458. The van der Waals surface area contributed by atoms with Crippen LogP contribution in [0.15, 0.2) is 35.2 Å². The summed E-state index contributed by atoms with van der Waals surface area (Å²) in [5.74, 6) is 1.15. The maximum absolute atomic E-state index is 12.4. The second-order valence-corrected chi connectivity index (χ2v) is 6.67. The Bertz CT molecular complexity index is 907. The molecule has 0 spiro atoms. The van der Waals surface area contributed by atoms with E-state index in [1.165, 1.54) is 11.1 Å². The van der Waals surface area contributed by atoms with Crippen LogP contribution in [0.4, 0.5) is 0 Å². The molecule has 0 aliphatic carbocycles. The Balaban J connectivity index is 1.46. The molecule has 0 saturated carbocycles. The van der Waals surface area contributed by atoms with Crippen LogP contribution in [0, 0.1) is 13.8 Å². The summed E-state index contributed by atoms with van der Waals surface area (Å²) in [5, 5.41) is 4.19. The largest absolute Gasteiger partial charge is 0.464 e. The van der Waals surface area contributed by atoms with Gasteiger partial charge >= 0.3 is 0 Å². The minimum Gasteiger partial charge on any atom is -0.464 e. The summed E-state index contributed by atoms with van der Waals surface area (Å²) >= 11 is 0. The van der Waals surface area contributed by atoms with Crippen LogP contribution in [0.25, 0.3) is 11.0 Å². The fourth-order valence-electron chi connectivity index (χ4n) is 3.41. The van der Waals surface area contributed by atoms with Crippen molar-refractivity contribution in [2.24, 2.45) is 0 Å². The summed E-state index contributed by atoms with van der Waals surface area (Å²) < 4.78 is 7.74. The lowest BCUT2D eigenvalue weighted by Gasteiger charge is -2.24. The normalized spacial score (nSPS) is 17.0. The number of furan rings is 1. The SMILES string of the molecule is Cc1cc2occ(CC(=O)N[C@H]3CCc4nccn4C3)c2cc1C. The number of carbonyl (C=O) groups excluding carboxylic acids is 1. The summed E-state index contributed by atoms with van der Waals surface area (Å²) in [5.41, 5.74) is 4.21. The van der Waals surface area contributed by atoms with Gasteiger partial charge in [-0.1, -0.05) is 0 Å². The number of nitrogens with one attached hydrogen (secondary N) is 1. The van der Waals surface area contributed by atoms with Gasteiger partial charge in [0.1, 0.15) is 11.4 Å². The Labute approximate surface area is 140 Å². The smallest absolute Gasteiger partial charge is 0.224 e. The summed E-state index contributed by atoms with van der Waals surface area (Å²) in [6, 6.07) is 4.31. The van der Waals surface area contributed by atoms with Crippen LogP contribution in [-0.2, 0) is 24.2 Å². The van der Waals surface area contributed by atoms with Gasteiger partial charge in [-0.25, -0.2) is 4.98 Å². The van der Waals surface area contributed by atoms with Crippen LogP contribution in [0.1, 0.15) is 28.9 Å². The molecule has 0 fully saturated rings. The zero-order chi connectivity index (χ0) is 16.7. The van der Waals surface area contributed by atoms with E-state index in [0.29, 0.717) is 6.42 Å². The van der Waals surface area contributed by atoms with E-state index in [0.717, 1.165) is 41.7 Å². The highest BCUT2D eigenvalue weighted by atomic mass is 16.3. The first-order valence-corrected chi connectivity index (χ1v) is 8.37. The van der Waals surface area contributed by atoms with E-state index in [1.807, 2.05) is 18.5 Å². The van der Waals surface area contributed by atoms with Crippen LogP contribution in [0.3, 0.4) is 0 Å². The summed E-state index contributed by atoms with van der Waals surface area (Å²) in [7, 11) is 0. The molecule has 124 valence electrons. The van der Waals surface area contributed by atoms with Crippen LogP contribution in [-0.4, -0.2) is 21.5 Å². The van der Waals surface area contributed by atoms with Crippen LogP contribution < -0.4 is 5.32 Å². The third-order valence-electron chi connectivity index (χ3n) is 4.92. The quantitative estimate of drug-likeness (QED) is 0.806. The van der Waals surface area contributed by atoms with Crippen molar-refractivity contribution in [2.75, 3.05) is 0 Å². The van der Waals surface area contributed by atoms with Crippen LogP contribution >= 0.6 is 0 Å². The van der Waals surface area contributed by atoms with Gasteiger partial charge in [-0.15, -0.1) is 0 Å². The average Bonchev–Trinajstić information content (AvgIpc) is 3.15. The first kappa shape index (κ1) is 15.0. The number of aryl methyl sites for hydroxylation is 3. The molecule has 1 amide bonds. The van der Waals surface area contributed by atoms with Crippen LogP contribution in [0.2, 0.25) is 0 Å². The molecule has 5 heteroatoms. The lowest BCUT2D eigenvalue weighted by Crippen LogP contribution is -2.41. The first-order valence-electron chi connectivity index (χ1n) is 8.37. The maximum Gasteiger partial charge on any atom is 0.224 e. The Kier molecular flexibility index (Phi) is 3.63. The summed E-state index contributed by atoms with van der Waals surface area (Å²) in [6.07, 6.45) is 7.70. The third kappa shape index (κ3) is 2.70. The van der Waals surface area contributed by atoms with E-state index in [9.17, 15) is 4.79 Å². The van der Waals surface area contributed by atoms with E-state index < -0.39 is 0 Å². The molecule has 4 rings (SSSR count). The van der Waals surface area contributed by atoms with Gasteiger partial charge in [-0.05, 0) is 43.5 Å². The third-order valence-corrected chi connectivity index (χ3v) is 4.92. The van der Waals surface area contributed by atoms with E-state index in [4.69, 9.17) is 4.42 Å². The Morgan fingerprint density at radius 2 is 2.21 bits per heavy atom. The highest BCUT2D eigenvalue weighted by Crippen LogP contribution is 2.25. The zero-order valence-corrected chi connectivity index (χ0v) is 14.0. The highest BCUT2D eigenvalue weighted by Gasteiger charge is 2.21. The van der Waals surface area contributed by atoms with Gasteiger partial charge in [-0.3, -0.25) is 4.79 Å². The fourth-order valence-corrected chi connectivity index (χ4v) is 3.41. The van der Waals surface area contributed by atoms with E-state index in [-0.39, 0.29) is 11.9 Å². The molecule has 0 radical (unpaired) electrons. The first-order chi connectivity index (χ1) is 11.6. The lowest BCUT2D eigenvalue weighted by atomic mass is 10.0. The van der Waals surface area contributed by atoms with Gasteiger partial charge in [0.25, 0.3) is 0 Å². The van der Waals surface area contributed by atoms with Gasteiger partial charge in [0.2, 0.25) is 5.91 Å². The number of benzene rings is 1. The fraction of sp³-hybridized carbons (Fsp3) is 0.368. The topological polar surface area (TPSA) is 60.1 Å². The average molecular weight is 323 g/mol. The molecule has 1 aromatic carbocycles. The maximum atomic E-state index is 12.4. The zero-order valence-electron chi connectivity index (χ0n) is 14.0. The van der Waals surface area contributed by atoms with Crippen molar-refractivity contribution in [1.82, 2.24) is 14.9 Å². The van der Waals surface area contributed by atoms with Crippen molar-refractivity contribution in [2.45, 2.75) is 45.7 Å². The number of carbonyl (C=O) groups is 1. The number of nitrogens with zero attached hydrogens (tertiary/aromatic N) is 2. The second-order valence-electron chi connectivity index (χ2n) is 6.67. The monoisotopic (exact) mass is 323 g/mol. The molecule has 3 heterocycles. The second kappa shape index (κ2) is 5.82. The summed E-state index contributed by atoms with van der Waals surface area (Å²) in [6.45, 7) is 4.94. The molecular weight excluding hydrogens is 302 g/mol. The van der Waals surface area contributed by atoms with Gasteiger partial charge in [-0.2, -0.15) is 0 Å². The molecule has 24 heavy (non-hydrogen) atoms. The number of hydrogen-bond acceptors (Lipinski definition) is 3. The molecular formula is C19H21N3O2. The lowest BCUT2D eigenvalue weighted by molar-refractivity contribution is -0.121. The van der Waals surface area contributed by atoms with Gasteiger partial charge in [0.15, 0.2) is 0 Å². The Hall–Kier alpha value is -2.56. The number of aromatic nitrogens is 2. The molecule has 1 N–H and O–H groups in total. The van der Waals surface area contributed by atoms with Crippen LogP contribution in [0.5, 0.6) is 0 Å². The van der Waals surface area contributed by atoms with E-state index >= 15 is 0 Å². The minimum atomic E-state index is 0.0458. The molecule has 0 unspecified atom stereocenters. The molecule has 3 aromatic rings. The molecule has 1 atom stereocenters. The number of hydrogen-bond donors (Lipinski definition) is 1. The standard InChI is InChI=1S/C19H21N3O2/c1-12-7-16-14(11-24-17(16)8-13(12)2)9-19(23)21-15-3-4-18-20-5-6-22(18)10-15/h5-8,11,15H,3-4,9-10H2,1-2H3,(H,21,23)/t15-/m0/s1. The van der Waals surface area contributed by atoms with Gasteiger partial charge < -0.3 is 14.3 Å². The number of rotatable bonds is 3. The van der Waals surface area contributed by atoms with Crippen molar-refractivity contribution in [3.63, 3.8) is 0 Å². The molecule has 1 aliphatic rings.